The van der Waals surface area contributed by atoms with Gasteiger partial charge >= 0.3 is 17.9 Å². The van der Waals surface area contributed by atoms with Gasteiger partial charge in [0.1, 0.15) is 18.3 Å². The summed E-state index contributed by atoms with van der Waals surface area (Å²) in [5.74, 6) is 4.63. The Bertz CT molecular complexity index is 1050. The minimum absolute atomic E-state index is 0.0459. The maximum absolute atomic E-state index is 12.8. The molecule has 2 aliphatic rings. The average Bonchev–Trinajstić information content (AvgIpc) is 2.94. The number of nitrogens with zero attached hydrogens (tertiary/aromatic N) is 1. The molecule has 38 heavy (non-hydrogen) atoms. The first kappa shape index (κ1) is 30.4. The summed E-state index contributed by atoms with van der Waals surface area (Å²) in [5.41, 5.74) is 0.391. The maximum atomic E-state index is 12.8. The van der Waals surface area contributed by atoms with Crippen LogP contribution in [0.5, 0.6) is 11.5 Å². The van der Waals surface area contributed by atoms with E-state index in [0.29, 0.717) is 63.1 Å². The van der Waals surface area contributed by atoms with E-state index in [1.54, 1.807) is 38.1 Å². The molecule has 0 spiro atoms. The SMILES string of the molecule is C=O.CCOC(=O)C1CCC(Oc2ccc(OC(=O)C3CCC(C(=O)OCC)CC3)c(C#CC#N)c2)CC1. The highest BCUT2D eigenvalue weighted by atomic mass is 16.5. The van der Waals surface area contributed by atoms with Gasteiger partial charge in [0.2, 0.25) is 0 Å². The molecule has 1 aromatic carbocycles. The van der Waals surface area contributed by atoms with Crippen molar-refractivity contribution in [2.24, 2.45) is 17.8 Å². The van der Waals surface area contributed by atoms with Gasteiger partial charge in [0, 0.05) is 5.92 Å². The molecule has 0 saturated heterocycles. The van der Waals surface area contributed by atoms with E-state index < -0.39 is 0 Å². The molecule has 9 heteroatoms. The van der Waals surface area contributed by atoms with E-state index in [9.17, 15) is 14.4 Å². The number of nitriles is 1. The van der Waals surface area contributed by atoms with Gasteiger partial charge in [0.15, 0.2) is 6.07 Å². The highest BCUT2D eigenvalue weighted by Crippen LogP contribution is 2.33. The van der Waals surface area contributed by atoms with Crippen LogP contribution in [0.3, 0.4) is 0 Å². The lowest BCUT2D eigenvalue weighted by molar-refractivity contribution is -0.151. The van der Waals surface area contributed by atoms with Crippen molar-refractivity contribution in [3.05, 3.63) is 23.8 Å². The van der Waals surface area contributed by atoms with E-state index in [4.69, 9.17) is 29.0 Å². The molecule has 0 heterocycles. The zero-order valence-electron chi connectivity index (χ0n) is 22.0. The normalized spacial score (nSPS) is 22.1. The molecule has 2 fully saturated rings. The summed E-state index contributed by atoms with van der Waals surface area (Å²) < 4.78 is 22.0. The molecule has 0 amide bonds. The zero-order chi connectivity index (χ0) is 27.9. The van der Waals surface area contributed by atoms with E-state index in [-0.39, 0.29) is 47.5 Å². The first-order chi connectivity index (χ1) is 18.4. The Morgan fingerprint density at radius 2 is 1.34 bits per heavy atom. The quantitative estimate of drug-likeness (QED) is 0.279. The minimum Gasteiger partial charge on any atom is -0.490 e. The summed E-state index contributed by atoms with van der Waals surface area (Å²) in [6.07, 6.45) is 5.11. The van der Waals surface area contributed by atoms with Gasteiger partial charge in [-0.2, -0.15) is 5.26 Å². The number of carbonyl (C=O) groups excluding carboxylic acids is 4. The highest BCUT2D eigenvalue weighted by molar-refractivity contribution is 5.77. The van der Waals surface area contributed by atoms with E-state index in [2.05, 4.69) is 11.8 Å². The van der Waals surface area contributed by atoms with Crippen LogP contribution in [0.4, 0.5) is 0 Å². The van der Waals surface area contributed by atoms with Gasteiger partial charge in [-0.15, -0.1) is 0 Å². The average molecular weight is 526 g/mol. The first-order valence-electron chi connectivity index (χ1n) is 13.0. The van der Waals surface area contributed by atoms with Crippen LogP contribution in [0.2, 0.25) is 0 Å². The van der Waals surface area contributed by atoms with Crippen molar-refractivity contribution in [2.45, 2.75) is 71.3 Å². The predicted molar refractivity (Wildman–Crippen MR) is 137 cm³/mol. The highest BCUT2D eigenvalue weighted by Gasteiger charge is 2.32. The van der Waals surface area contributed by atoms with Crippen LogP contribution in [0.15, 0.2) is 18.2 Å². The van der Waals surface area contributed by atoms with Gasteiger partial charge in [0.05, 0.1) is 42.6 Å². The molecule has 0 N–H and O–H groups in total. The first-order valence-corrected chi connectivity index (χ1v) is 13.0. The van der Waals surface area contributed by atoms with Gasteiger partial charge < -0.3 is 23.7 Å². The van der Waals surface area contributed by atoms with Gasteiger partial charge in [-0.25, -0.2) is 0 Å². The second kappa shape index (κ2) is 16.1. The molecule has 0 aliphatic heterocycles. The number of carbonyl (C=O) groups is 4. The summed E-state index contributed by atoms with van der Waals surface area (Å²) in [6, 6.07) is 6.80. The zero-order valence-corrected chi connectivity index (χ0v) is 22.0. The second-order valence-corrected chi connectivity index (χ2v) is 9.08. The third-order valence-corrected chi connectivity index (χ3v) is 6.69. The molecule has 0 atom stereocenters. The molecular weight excluding hydrogens is 490 g/mol. The second-order valence-electron chi connectivity index (χ2n) is 9.08. The number of rotatable bonds is 8. The molecular formula is C29H35NO8. The largest absolute Gasteiger partial charge is 0.490 e. The van der Waals surface area contributed by atoms with E-state index in [1.807, 2.05) is 6.79 Å². The monoisotopic (exact) mass is 525 g/mol. The fourth-order valence-corrected chi connectivity index (χ4v) is 4.75. The smallest absolute Gasteiger partial charge is 0.314 e. The lowest BCUT2D eigenvalue weighted by Gasteiger charge is -2.28. The summed E-state index contributed by atoms with van der Waals surface area (Å²) in [4.78, 5) is 44.7. The third kappa shape index (κ3) is 8.92. The minimum atomic E-state index is -0.372. The van der Waals surface area contributed by atoms with Crippen LogP contribution in [0.1, 0.15) is 70.8 Å². The van der Waals surface area contributed by atoms with Gasteiger partial charge in [-0.1, -0.05) is 0 Å². The van der Waals surface area contributed by atoms with Crippen molar-refractivity contribution >= 4 is 24.7 Å². The van der Waals surface area contributed by atoms with Crippen LogP contribution in [0.25, 0.3) is 0 Å². The summed E-state index contributed by atoms with van der Waals surface area (Å²) >= 11 is 0. The lowest BCUT2D eigenvalue weighted by atomic mass is 9.82. The van der Waals surface area contributed by atoms with Crippen molar-refractivity contribution < 1.29 is 38.1 Å². The molecule has 0 radical (unpaired) electrons. The number of hydrogen-bond acceptors (Lipinski definition) is 9. The summed E-state index contributed by atoms with van der Waals surface area (Å²) in [5, 5.41) is 8.91. The van der Waals surface area contributed by atoms with Crippen LogP contribution < -0.4 is 9.47 Å². The van der Waals surface area contributed by atoms with E-state index >= 15 is 0 Å². The summed E-state index contributed by atoms with van der Waals surface area (Å²) in [6.45, 7) is 6.31. The van der Waals surface area contributed by atoms with Crippen LogP contribution in [0, 0.1) is 40.9 Å². The van der Waals surface area contributed by atoms with Crippen LogP contribution in [-0.2, 0) is 28.7 Å². The Kier molecular flexibility index (Phi) is 12.9. The Labute approximate surface area is 223 Å². The number of esters is 3. The number of benzene rings is 1. The molecule has 0 bridgehead atoms. The molecule has 9 nitrogen and oxygen atoms in total. The van der Waals surface area contributed by atoms with E-state index in [1.165, 1.54) is 0 Å². The topological polar surface area (TPSA) is 129 Å². The Hall–Kier alpha value is -3.85. The third-order valence-electron chi connectivity index (χ3n) is 6.69. The van der Waals surface area contributed by atoms with Crippen LogP contribution >= 0.6 is 0 Å². The fraction of sp³-hybridized carbons (Fsp3) is 0.552. The molecule has 204 valence electrons. The predicted octanol–water partition coefficient (Wildman–Crippen LogP) is 4.15. The maximum Gasteiger partial charge on any atom is 0.314 e. The standard InChI is InChI=1S/C28H33NO7.CH2O/c1-3-33-26(30)19-7-9-21(10-8-19)28(32)36-25-16-15-24(18-22(25)6-5-17-29)35-23-13-11-20(12-14-23)27(31)34-4-2;1-2/h15-16,18-21,23H,3-4,7-14H2,1-2H3;1H2. The lowest BCUT2D eigenvalue weighted by Crippen LogP contribution is -2.29. The van der Waals surface area contributed by atoms with Crippen molar-refractivity contribution in [3.8, 4) is 29.4 Å². The molecule has 1 aromatic rings. The molecule has 0 aromatic heterocycles. The van der Waals surface area contributed by atoms with E-state index in [0.717, 1.165) is 12.8 Å². The Morgan fingerprint density at radius 3 is 1.84 bits per heavy atom. The van der Waals surface area contributed by atoms with Crippen molar-refractivity contribution in [1.29, 1.82) is 5.26 Å². The fourth-order valence-electron chi connectivity index (χ4n) is 4.75. The Morgan fingerprint density at radius 1 is 0.842 bits per heavy atom. The van der Waals surface area contributed by atoms with Crippen molar-refractivity contribution in [2.75, 3.05) is 13.2 Å². The molecule has 0 unspecified atom stereocenters. The summed E-state index contributed by atoms with van der Waals surface area (Å²) in [7, 11) is 0. The Balaban J connectivity index is 0.00000247. The number of hydrogen-bond donors (Lipinski definition) is 0. The van der Waals surface area contributed by atoms with Gasteiger partial charge in [-0.05, 0) is 89.3 Å². The van der Waals surface area contributed by atoms with Crippen molar-refractivity contribution in [1.82, 2.24) is 0 Å². The molecule has 3 rings (SSSR count). The van der Waals surface area contributed by atoms with Gasteiger partial charge in [0.25, 0.3) is 0 Å². The van der Waals surface area contributed by atoms with Gasteiger partial charge in [-0.3, -0.25) is 14.4 Å². The number of ether oxygens (including phenoxy) is 4. The molecule has 2 aliphatic carbocycles. The van der Waals surface area contributed by atoms with Crippen LogP contribution in [-0.4, -0.2) is 44.0 Å². The molecule has 2 saturated carbocycles. The van der Waals surface area contributed by atoms with Crippen molar-refractivity contribution in [3.63, 3.8) is 0 Å².